The number of anilines is 1. The van der Waals surface area contributed by atoms with Crippen LogP contribution in [-0.2, 0) is 16.0 Å². The van der Waals surface area contributed by atoms with Gasteiger partial charge in [0.2, 0.25) is 5.91 Å². The first-order valence-corrected chi connectivity index (χ1v) is 9.83. The normalized spacial score (nSPS) is 10.5. The fraction of sp³-hybridized carbons (Fsp3) is 0.190. The van der Waals surface area contributed by atoms with Crippen molar-refractivity contribution in [3.8, 4) is 17.1 Å². The Hall–Kier alpha value is -3.03. The summed E-state index contributed by atoms with van der Waals surface area (Å²) in [5.74, 6) is 0.966. The summed E-state index contributed by atoms with van der Waals surface area (Å²) in [6, 6.07) is 11.9. The molecular formula is C21H19Cl2N3O4. The monoisotopic (exact) mass is 447 g/mol. The number of benzene rings is 2. The van der Waals surface area contributed by atoms with E-state index in [-0.39, 0.29) is 24.8 Å². The fourth-order valence-electron chi connectivity index (χ4n) is 2.57. The van der Waals surface area contributed by atoms with Crippen molar-refractivity contribution in [1.82, 2.24) is 10.3 Å². The number of hydrogen-bond donors (Lipinski definition) is 2. The van der Waals surface area contributed by atoms with E-state index in [1.54, 1.807) is 48.7 Å². The number of likely N-dealkylation sites (N-methyl/N-ethyl adjacent to an activating group) is 1. The molecule has 0 spiro atoms. The number of ether oxygens (including phenoxy) is 1. The average Bonchev–Trinajstić information content (AvgIpc) is 3.19. The number of carbonyl (C=O) groups is 2. The van der Waals surface area contributed by atoms with E-state index < -0.39 is 0 Å². The first-order chi connectivity index (χ1) is 14.4. The molecule has 156 valence electrons. The van der Waals surface area contributed by atoms with Crippen LogP contribution >= 0.6 is 23.2 Å². The summed E-state index contributed by atoms with van der Waals surface area (Å²) in [6.45, 7) is -0.0992. The Balaban J connectivity index is 1.54. The van der Waals surface area contributed by atoms with Crippen LogP contribution in [0.3, 0.4) is 0 Å². The number of amides is 2. The molecule has 0 aliphatic heterocycles. The molecule has 0 aliphatic carbocycles. The number of oxazole rings is 1. The van der Waals surface area contributed by atoms with E-state index in [0.717, 1.165) is 0 Å². The first kappa shape index (κ1) is 21.7. The van der Waals surface area contributed by atoms with Crippen LogP contribution in [0.1, 0.15) is 12.3 Å². The number of rotatable bonds is 8. The minimum Gasteiger partial charge on any atom is -0.484 e. The second-order valence-electron chi connectivity index (χ2n) is 6.28. The highest BCUT2D eigenvalue weighted by Gasteiger charge is 2.12. The Bertz CT molecular complexity index is 1050. The molecule has 0 radical (unpaired) electrons. The predicted octanol–water partition coefficient (Wildman–Crippen LogP) is 4.34. The Morgan fingerprint density at radius 1 is 1.13 bits per heavy atom. The molecule has 3 aromatic rings. The SMILES string of the molecule is CNC(=O)COc1cccc(NC(=O)CCc2ncc(-c3ccc(Cl)cc3Cl)o2)c1. The van der Waals surface area contributed by atoms with Gasteiger partial charge in [-0.3, -0.25) is 9.59 Å². The van der Waals surface area contributed by atoms with Crippen molar-refractivity contribution in [3.05, 3.63) is 64.6 Å². The van der Waals surface area contributed by atoms with E-state index in [9.17, 15) is 9.59 Å². The van der Waals surface area contributed by atoms with Gasteiger partial charge < -0.3 is 19.8 Å². The predicted molar refractivity (Wildman–Crippen MR) is 115 cm³/mol. The Labute approximate surface area is 183 Å². The van der Waals surface area contributed by atoms with Crippen molar-refractivity contribution in [3.63, 3.8) is 0 Å². The summed E-state index contributed by atoms with van der Waals surface area (Å²) < 4.78 is 11.1. The molecule has 0 bridgehead atoms. The molecule has 0 aliphatic rings. The maximum atomic E-state index is 12.3. The minimum absolute atomic E-state index is 0.0992. The molecule has 0 saturated carbocycles. The Kier molecular flexibility index (Phi) is 7.32. The average molecular weight is 448 g/mol. The van der Waals surface area contributed by atoms with Crippen LogP contribution in [0.15, 0.2) is 53.1 Å². The van der Waals surface area contributed by atoms with E-state index in [0.29, 0.717) is 45.1 Å². The zero-order chi connectivity index (χ0) is 21.5. The molecule has 7 nitrogen and oxygen atoms in total. The molecule has 3 rings (SSSR count). The molecule has 2 amide bonds. The lowest BCUT2D eigenvalue weighted by Gasteiger charge is -2.08. The van der Waals surface area contributed by atoms with Crippen molar-refractivity contribution >= 4 is 40.7 Å². The highest BCUT2D eigenvalue weighted by molar-refractivity contribution is 6.36. The number of aryl methyl sites for hydroxylation is 1. The molecule has 0 saturated heterocycles. The lowest BCUT2D eigenvalue weighted by Crippen LogP contribution is -2.24. The second kappa shape index (κ2) is 10.1. The molecular weight excluding hydrogens is 429 g/mol. The second-order valence-corrected chi connectivity index (χ2v) is 7.12. The van der Waals surface area contributed by atoms with Gasteiger partial charge in [-0.25, -0.2) is 4.98 Å². The van der Waals surface area contributed by atoms with Gasteiger partial charge in [-0.1, -0.05) is 29.3 Å². The van der Waals surface area contributed by atoms with E-state index in [2.05, 4.69) is 15.6 Å². The highest BCUT2D eigenvalue weighted by atomic mass is 35.5. The fourth-order valence-corrected chi connectivity index (χ4v) is 3.07. The molecule has 9 heteroatoms. The number of carbonyl (C=O) groups excluding carboxylic acids is 2. The minimum atomic E-state index is -0.241. The van der Waals surface area contributed by atoms with Crippen LogP contribution in [0.5, 0.6) is 5.75 Å². The number of hydrogen-bond acceptors (Lipinski definition) is 5. The van der Waals surface area contributed by atoms with Gasteiger partial charge in [0.05, 0.1) is 11.2 Å². The molecule has 2 N–H and O–H groups in total. The van der Waals surface area contributed by atoms with Crippen molar-refractivity contribution in [2.75, 3.05) is 19.0 Å². The number of halogens is 2. The van der Waals surface area contributed by atoms with Gasteiger partial charge in [-0.15, -0.1) is 0 Å². The number of nitrogens with one attached hydrogen (secondary N) is 2. The third kappa shape index (κ3) is 5.98. The standard InChI is InChI=1S/C21H19Cl2N3O4/c1-24-20(28)12-29-15-4-2-3-14(10-15)26-19(27)7-8-21-25-11-18(30-21)16-6-5-13(22)9-17(16)23/h2-6,9-11H,7-8,12H2,1H3,(H,24,28)(H,26,27). The van der Waals surface area contributed by atoms with Gasteiger partial charge >= 0.3 is 0 Å². The quantitative estimate of drug-likeness (QED) is 0.535. The first-order valence-electron chi connectivity index (χ1n) is 9.08. The Morgan fingerprint density at radius 2 is 1.97 bits per heavy atom. The lowest BCUT2D eigenvalue weighted by molar-refractivity contribution is -0.122. The molecule has 30 heavy (non-hydrogen) atoms. The molecule has 2 aromatic carbocycles. The molecule has 1 aromatic heterocycles. The summed E-state index contributed by atoms with van der Waals surface area (Å²) in [6.07, 6.45) is 2.07. The molecule has 0 fully saturated rings. The van der Waals surface area contributed by atoms with Gasteiger partial charge in [0, 0.05) is 42.2 Å². The summed E-state index contributed by atoms with van der Waals surface area (Å²) in [5.41, 5.74) is 1.24. The summed E-state index contributed by atoms with van der Waals surface area (Å²) in [5, 5.41) is 6.24. The smallest absolute Gasteiger partial charge is 0.257 e. The van der Waals surface area contributed by atoms with Gasteiger partial charge in [0.1, 0.15) is 5.75 Å². The van der Waals surface area contributed by atoms with Crippen LogP contribution in [-0.4, -0.2) is 30.5 Å². The molecule has 0 atom stereocenters. The third-order valence-corrected chi connectivity index (χ3v) is 4.63. The van der Waals surface area contributed by atoms with Crippen LogP contribution in [0, 0.1) is 0 Å². The van der Waals surface area contributed by atoms with Crippen molar-refractivity contribution in [1.29, 1.82) is 0 Å². The van der Waals surface area contributed by atoms with Gasteiger partial charge in [0.15, 0.2) is 18.3 Å². The zero-order valence-corrected chi connectivity index (χ0v) is 17.6. The van der Waals surface area contributed by atoms with Crippen LogP contribution in [0.25, 0.3) is 11.3 Å². The van der Waals surface area contributed by atoms with E-state index in [1.165, 1.54) is 7.05 Å². The third-order valence-electron chi connectivity index (χ3n) is 4.08. The summed E-state index contributed by atoms with van der Waals surface area (Å²) >= 11 is 12.1. The number of aromatic nitrogens is 1. The van der Waals surface area contributed by atoms with Crippen LogP contribution in [0.4, 0.5) is 5.69 Å². The van der Waals surface area contributed by atoms with Crippen molar-refractivity contribution < 1.29 is 18.7 Å². The van der Waals surface area contributed by atoms with E-state index in [1.807, 2.05) is 0 Å². The van der Waals surface area contributed by atoms with Gasteiger partial charge in [0.25, 0.3) is 5.91 Å². The van der Waals surface area contributed by atoms with Gasteiger partial charge in [-0.05, 0) is 30.3 Å². The molecule has 0 unspecified atom stereocenters. The lowest BCUT2D eigenvalue weighted by atomic mass is 10.2. The topological polar surface area (TPSA) is 93.5 Å². The number of nitrogens with zero attached hydrogens (tertiary/aromatic N) is 1. The Morgan fingerprint density at radius 3 is 2.73 bits per heavy atom. The van der Waals surface area contributed by atoms with Crippen molar-refractivity contribution in [2.24, 2.45) is 0 Å². The van der Waals surface area contributed by atoms with Crippen LogP contribution < -0.4 is 15.4 Å². The largest absolute Gasteiger partial charge is 0.484 e. The van der Waals surface area contributed by atoms with E-state index >= 15 is 0 Å². The van der Waals surface area contributed by atoms with Gasteiger partial charge in [-0.2, -0.15) is 0 Å². The summed E-state index contributed by atoms with van der Waals surface area (Å²) in [4.78, 5) is 27.7. The van der Waals surface area contributed by atoms with Crippen LogP contribution in [0.2, 0.25) is 10.0 Å². The van der Waals surface area contributed by atoms with E-state index in [4.69, 9.17) is 32.4 Å². The highest BCUT2D eigenvalue weighted by Crippen LogP contribution is 2.30. The van der Waals surface area contributed by atoms with Crippen molar-refractivity contribution in [2.45, 2.75) is 12.8 Å². The molecule has 1 heterocycles. The maximum Gasteiger partial charge on any atom is 0.257 e. The zero-order valence-electron chi connectivity index (χ0n) is 16.1. The maximum absolute atomic E-state index is 12.3. The summed E-state index contributed by atoms with van der Waals surface area (Å²) in [7, 11) is 1.53.